The topological polar surface area (TPSA) is 75.0 Å². The third-order valence-electron chi connectivity index (χ3n) is 3.96. The molecule has 3 aromatic rings. The minimum absolute atomic E-state index is 0.00675. The highest BCUT2D eigenvalue weighted by molar-refractivity contribution is 5.81. The normalized spacial score (nSPS) is 10.6. The molecule has 0 unspecified atom stereocenters. The number of benzene rings is 2. The van der Waals surface area contributed by atoms with Crippen molar-refractivity contribution in [3.63, 3.8) is 0 Å². The van der Waals surface area contributed by atoms with Crippen LogP contribution in [0.15, 0.2) is 63.8 Å². The lowest BCUT2D eigenvalue weighted by atomic mass is 10.1. The molecule has 0 bridgehead atoms. The Hall–Kier alpha value is -3.28. The maximum Gasteiger partial charge on any atom is 0.336 e. The summed E-state index contributed by atoms with van der Waals surface area (Å²) in [7, 11) is 1.53. The van der Waals surface area contributed by atoms with Crippen molar-refractivity contribution in [2.24, 2.45) is 0 Å². The third kappa shape index (κ3) is 5.10. The van der Waals surface area contributed by atoms with Gasteiger partial charge in [0.1, 0.15) is 23.7 Å². The van der Waals surface area contributed by atoms with Gasteiger partial charge in [0, 0.05) is 29.5 Å². The molecule has 0 aliphatic rings. The van der Waals surface area contributed by atoms with Crippen molar-refractivity contribution in [2.75, 3.05) is 13.7 Å². The maximum atomic E-state index is 11.9. The van der Waals surface area contributed by atoms with Crippen LogP contribution in [0.25, 0.3) is 11.0 Å². The summed E-state index contributed by atoms with van der Waals surface area (Å²) >= 11 is 0. The van der Waals surface area contributed by atoms with E-state index in [9.17, 15) is 9.59 Å². The van der Waals surface area contributed by atoms with Crippen LogP contribution in [-0.2, 0) is 16.1 Å². The molecule has 3 rings (SSSR count). The maximum absolute atomic E-state index is 11.9. The summed E-state index contributed by atoms with van der Waals surface area (Å²) in [5.41, 5.74) is 0.486. The van der Waals surface area contributed by atoms with Gasteiger partial charge >= 0.3 is 11.6 Å². The predicted octanol–water partition coefficient (Wildman–Crippen LogP) is 3.70. The van der Waals surface area contributed by atoms with E-state index >= 15 is 0 Å². The average molecular weight is 368 g/mol. The second kappa shape index (κ2) is 8.89. The lowest BCUT2D eigenvalue weighted by Crippen LogP contribution is -2.09. The van der Waals surface area contributed by atoms with E-state index in [1.54, 1.807) is 18.2 Å². The SMILES string of the molecule is COc1ccc2c(COC(=O)CCCOc3ccccc3)cc(=O)oc2c1. The molecule has 0 aliphatic carbocycles. The third-order valence-corrected chi connectivity index (χ3v) is 3.96. The smallest absolute Gasteiger partial charge is 0.336 e. The highest BCUT2D eigenvalue weighted by Crippen LogP contribution is 2.23. The van der Waals surface area contributed by atoms with Crippen LogP contribution in [0.3, 0.4) is 0 Å². The number of fused-ring (bicyclic) bond motifs is 1. The first-order valence-electron chi connectivity index (χ1n) is 8.60. The Bertz CT molecular complexity index is 961. The van der Waals surface area contributed by atoms with E-state index in [2.05, 4.69) is 0 Å². The number of para-hydroxylation sites is 1. The van der Waals surface area contributed by atoms with E-state index in [1.807, 2.05) is 30.3 Å². The Morgan fingerprint density at radius 3 is 2.63 bits per heavy atom. The van der Waals surface area contributed by atoms with Crippen LogP contribution < -0.4 is 15.1 Å². The van der Waals surface area contributed by atoms with Crippen molar-refractivity contribution in [3.05, 3.63) is 70.6 Å². The van der Waals surface area contributed by atoms with Gasteiger partial charge in [-0.1, -0.05) is 18.2 Å². The fraction of sp³-hybridized carbons (Fsp3) is 0.238. The summed E-state index contributed by atoms with van der Waals surface area (Å²) in [6.45, 7) is 0.434. The molecule has 0 saturated heterocycles. The van der Waals surface area contributed by atoms with E-state index in [-0.39, 0.29) is 19.0 Å². The van der Waals surface area contributed by atoms with Crippen molar-refractivity contribution >= 4 is 16.9 Å². The number of hydrogen-bond acceptors (Lipinski definition) is 6. The molecule has 6 heteroatoms. The molecule has 140 valence electrons. The van der Waals surface area contributed by atoms with Crippen molar-refractivity contribution in [1.29, 1.82) is 0 Å². The van der Waals surface area contributed by atoms with E-state index < -0.39 is 5.63 Å². The summed E-state index contributed by atoms with van der Waals surface area (Å²) in [5.74, 6) is 1.00. The molecule has 27 heavy (non-hydrogen) atoms. The lowest BCUT2D eigenvalue weighted by molar-refractivity contribution is -0.145. The molecular formula is C21H20O6. The summed E-state index contributed by atoms with van der Waals surface area (Å²) in [6, 6.07) is 15.9. The molecular weight excluding hydrogens is 348 g/mol. The van der Waals surface area contributed by atoms with Gasteiger partial charge in [0.25, 0.3) is 0 Å². The van der Waals surface area contributed by atoms with Gasteiger partial charge in [-0.15, -0.1) is 0 Å². The Morgan fingerprint density at radius 1 is 1.04 bits per heavy atom. The van der Waals surface area contributed by atoms with Crippen LogP contribution in [0.4, 0.5) is 0 Å². The number of ether oxygens (including phenoxy) is 3. The van der Waals surface area contributed by atoms with Crippen LogP contribution in [0.5, 0.6) is 11.5 Å². The van der Waals surface area contributed by atoms with Gasteiger partial charge in [0.05, 0.1) is 13.7 Å². The van der Waals surface area contributed by atoms with Gasteiger partial charge in [-0.2, -0.15) is 0 Å². The van der Waals surface area contributed by atoms with E-state index in [1.165, 1.54) is 13.2 Å². The first kappa shape index (κ1) is 18.5. The van der Waals surface area contributed by atoms with Gasteiger partial charge in [-0.05, 0) is 30.7 Å². The molecule has 6 nitrogen and oxygen atoms in total. The van der Waals surface area contributed by atoms with Crippen LogP contribution in [0.1, 0.15) is 18.4 Å². The second-order valence-corrected chi connectivity index (χ2v) is 5.88. The van der Waals surface area contributed by atoms with E-state index in [0.29, 0.717) is 35.3 Å². The van der Waals surface area contributed by atoms with Crippen LogP contribution in [0, 0.1) is 0 Å². The Morgan fingerprint density at radius 2 is 1.85 bits per heavy atom. The first-order valence-corrected chi connectivity index (χ1v) is 8.60. The van der Waals surface area contributed by atoms with Gasteiger partial charge in [-0.3, -0.25) is 4.79 Å². The highest BCUT2D eigenvalue weighted by atomic mass is 16.5. The zero-order chi connectivity index (χ0) is 19.1. The van der Waals surface area contributed by atoms with E-state index in [0.717, 1.165) is 5.75 Å². The largest absolute Gasteiger partial charge is 0.497 e. The minimum Gasteiger partial charge on any atom is -0.497 e. The number of carbonyl (C=O) groups is 1. The monoisotopic (exact) mass is 368 g/mol. The van der Waals surface area contributed by atoms with Gasteiger partial charge < -0.3 is 18.6 Å². The summed E-state index contributed by atoms with van der Waals surface area (Å²) in [4.78, 5) is 23.7. The molecule has 1 aromatic heterocycles. The molecule has 0 N–H and O–H groups in total. The van der Waals surface area contributed by atoms with Crippen LogP contribution >= 0.6 is 0 Å². The van der Waals surface area contributed by atoms with Gasteiger partial charge in [0.2, 0.25) is 0 Å². The van der Waals surface area contributed by atoms with Crippen molar-refractivity contribution in [2.45, 2.75) is 19.4 Å². The molecule has 0 aliphatic heterocycles. The molecule has 0 fully saturated rings. The summed E-state index contributed by atoms with van der Waals surface area (Å²) < 4.78 is 21.1. The Kier molecular flexibility index (Phi) is 6.10. The molecule has 0 radical (unpaired) electrons. The number of methoxy groups -OCH3 is 1. The standard InChI is InChI=1S/C21H20O6/c1-24-17-9-10-18-15(12-21(23)27-19(18)13-17)14-26-20(22)8-5-11-25-16-6-3-2-4-7-16/h2-4,6-7,9-10,12-13H,5,8,11,14H2,1H3. The summed E-state index contributed by atoms with van der Waals surface area (Å²) in [5, 5.41) is 0.704. The molecule has 0 amide bonds. The average Bonchev–Trinajstić information content (AvgIpc) is 2.69. The Balaban J connectivity index is 1.53. The fourth-order valence-electron chi connectivity index (χ4n) is 2.61. The minimum atomic E-state index is -0.502. The number of rotatable bonds is 8. The van der Waals surface area contributed by atoms with E-state index in [4.69, 9.17) is 18.6 Å². The predicted molar refractivity (Wildman–Crippen MR) is 100 cm³/mol. The van der Waals surface area contributed by atoms with Crippen LogP contribution in [0.2, 0.25) is 0 Å². The zero-order valence-electron chi connectivity index (χ0n) is 15.0. The summed E-state index contributed by atoms with van der Waals surface area (Å²) in [6.07, 6.45) is 0.780. The molecule has 0 saturated carbocycles. The van der Waals surface area contributed by atoms with Crippen molar-refractivity contribution < 1.29 is 23.4 Å². The highest BCUT2D eigenvalue weighted by Gasteiger charge is 2.10. The van der Waals surface area contributed by atoms with Crippen molar-refractivity contribution in [3.8, 4) is 11.5 Å². The molecule has 0 atom stereocenters. The quantitative estimate of drug-likeness (QED) is 0.343. The molecule has 2 aromatic carbocycles. The zero-order valence-corrected chi connectivity index (χ0v) is 15.0. The second-order valence-electron chi connectivity index (χ2n) is 5.88. The van der Waals surface area contributed by atoms with Gasteiger partial charge in [0.15, 0.2) is 0 Å². The fourth-order valence-corrected chi connectivity index (χ4v) is 2.61. The molecule has 1 heterocycles. The first-order chi connectivity index (χ1) is 13.2. The van der Waals surface area contributed by atoms with Crippen LogP contribution in [-0.4, -0.2) is 19.7 Å². The molecule has 0 spiro atoms. The lowest BCUT2D eigenvalue weighted by Gasteiger charge is -2.09. The van der Waals surface area contributed by atoms with Crippen molar-refractivity contribution in [1.82, 2.24) is 0 Å². The Labute approximate surface area is 156 Å². The number of esters is 1. The number of hydrogen-bond donors (Lipinski definition) is 0. The number of carbonyl (C=O) groups excluding carboxylic acids is 1. The van der Waals surface area contributed by atoms with Gasteiger partial charge in [-0.25, -0.2) is 4.79 Å².